The van der Waals surface area contributed by atoms with Gasteiger partial charge in [0.15, 0.2) is 0 Å². The monoisotopic (exact) mass is 442 g/mol. The van der Waals surface area contributed by atoms with Gasteiger partial charge in [0.05, 0.1) is 12.0 Å². The maximum absolute atomic E-state index is 13.0. The van der Waals surface area contributed by atoms with Crippen LogP contribution in [-0.4, -0.2) is 50.8 Å². The number of rotatable bonds is 6. The highest BCUT2D eigenvalue weighted by atomic mass is 32.2. The Kier molecular flexibility index (Phi) is 6.11. The number of hydrogen-bond acceptors (Lipinski definition) is 5. The van der Waals surface area contributed by atoms with Crippen LogP contribution in [0.25, 0.3) is 0 Å². The first-order valence-corrected chi connectivity index (χ1v) is 11.9. The molecule has 0 aliphatic carbocycles. The van der Waals surface area contributed by atoms with Crippen LogP contribution in [0.15, 0.2) is 53.4 Å². The summed E-state index contributed by atoms with van der Waals surface area (Å²) in [6.07, 6.45) is 2.89. The van der Waals surface area contributed by atoms with E-state index in [2.05, 4.69) is 0 Å². The van der Waals surface area contributed by atoms with E-state index in [9.17, 15) is 18.0 Å². The summed E-state index contributed by atoms with van der Waals surface area (Å²) in [6.45, 7) is 1.13. The van der Waals surface area contributed by atoms with Crippen LogP contribution >= 0.6 is 0 Å². The molecule has 7 nitrogen and oxygen atoms in total. The normalized spacial score (nSPS) is 18.7. The van der Waals surface area contributed by atoms with E-state index in [-0.39, 0.29) is 17.2 Å². The maximum Gasteiger partial charge on any atom is 0.329 e. The number of amides is 1. The van der Waals surface area contributed by atoms with Gasteiger partial charge in [0.25, 0.3) is 0 Å². The Morgan fingerprint density at radius 2 is 1.71 bits per heavy atom. The molecule has 2 aromatic rings. The molecule has 0 radical (unpaired) electrons. The van der Waals surface area contributed by atoms with Gasteiger partial charge in [0.1, 0.15) is 6.04 Å². The number of fused-ring (bicyclic) bond motifs is 1. The molecule has 0 aromatic heterocycles. The SMILES string of the molecule is COC(=O)C1Cc2ccccc2N1C(=O)CCc1ccc(S(=O)(=O)N2CCCC2)cc1. The van der Waals surface area contributed by atoms with Crippen molar-refractivity contribution in [3.63, 3.8) is 0 Å². The molecule has 1 unspecified atom stereocenters. The van der Waals surface area contributed by atoms with Crippen LogP contribution in [0.3, 0.4) is 0 Å². The predicted octanol–water partition coefficient (Wildman–Crippen LogP) is 2.53. The molecule has 8 heteroatoms. The van der Waals surface area contributed by atoms with Gasteiger partial charge in [0, 0.05) is 31.6 Å². The van der Waals surface area contributed by atoms with E-state index in [1.807, 2.05) is 24.3 Å². The van der Waals surface area contributed by atoms with Crippen LogP contribution in [0.5, 0.6) is 0 Å². The topological polar surface area (TPSA) is 84.0 Å². The van der Waals surface area contributed by atoms with Crippen molar-refractivity contribution < 1.29 is 22.7 Å². The third-order valence-corrected chi connectivity index (χ3v) is 7.88. The highest BCUT2D eigenvalue weighted by molar-refractivity contribution is 7.89. The zero-order valence-electron chi connectivity index (χ0n) is 17.5. The molecule has 2 heterocycles. The second-order valence-corrected chi connectivity index (χ2v) is 9.83. The fraction of sp³-hybridized carbons (Fsp3) is 0.391. The molecule has 164 valence electrons. The first-order chi connectivity index (χ1) is 14.9. The van der Waals surface area contributed by atoms with Crippen molar-refractivity contribution in [3.8, 4) is 0 Å². The molecular formula is C23H26N2O5S. The predicted molar refractivity (Wildman–Crippen MR) is 116 cm³/mol. The number of esters is 1. The summed E-state index contributed by atoms with van der Waals surface area (Å²) in [4.78, 5) is 27.1. The molecule has 0 saturated carbocycles. The number of ether oxygens (including phenoxy) is 1. The van der Waals surface area contributed by atoms with E-state index in [1.54, 1.807) is 24.3 Å². The van der Waals surface area contributed by atoms with Crippen LogP contribution < -0.4 is 4.90 Å². The lowest BCUT2D eigenvalue weighted by molar-refractivity contribution is -0.143. The van der Waals surface area contributed by atoms with Crippen LogP contribution in [0.2, 0.25) is 0 Å². The molecule has 2 aliphatic heterocycles. The lowest BCUT2D eigenvalue weighted by Crippen LogP contribution is -2.43. The van der Waals surface area contributed by atoms with Gasteiger partial charge in [0.2, 0.25) is 15.9 Å². The third kappa shape index (κ3) is 4.22. The highest BCUT2D eigenvalue weighted by Gasteiger charge is 2.38. The number of nitrogens with zero attached hydrogens (tertiary/aromatic N) is 2. The Morgan fingerprint density at radius 3 is 2.39 bits per heavy atom. The van der Waals surface area contributed by atoms with Gasteiger partial charge in [-0.2, -0.15) is 4.31 Å². The summed E-state index contributed by atoms with van der Waals surface area (Å²) < 4.78 is 31.7. The Bertz CT molecular complexity index is 1080. The average Bonchev–Trinajstić information content (AvgIpc) is 3.46. The fourth-order valence-electron chi connectivity index (χ4n) is 4.30. The molecular weight excluding hydrogens is 416 g/mol. The van der Waals surface area contributed by atoms with Crippen molar-refractivity contribution in [3.05, 3.63) is 59.7 Å². The van der Waals surface area contributed by atoms with Crippen molar-refractivity contribution in [2.75, 3.05) is 25.1 Å². The van der Waals surface area contributed by atoms with E-state index in [1.165, 1.54) is 16.3 Å². The number of carbonyl (C=O) groups excluding carboxylic acids is 2. The summed E-state index contributed by atoms with van der Waals surface area (Å²) in [5, 5.41) is 0. The number of sulfonamides is 1. The van der Waals surface area contributed by atoms with Gasteiger partial charge in [-0.05, 0) is 48.6 Å². The van der Waals surface area contributed by atoms with E-state index in [0.29, 0.717) is 25.9 Å². The van der Waals surface area contributed by atoms with Crippen molar-refractivity contribution in [1.82, 2.24) is 4.31 Å². The Hall–Kier alpha value is -2.71. The quantitative estimate of drug-likeness (QED) is 0.642. The lowest BCUT2D eigenvalue weighted by atomic mass is 10.1. The molecule has 2 aliphatic rings. The third-order valence-electron chi connectivity index (χ3n) is 5.97. The summed E-state index contributed by atoms with van der Waals surface area (Å²) >= 11 is 0. The van der Waals surface area contributed by atoms with Gasteiger partial charge in [-0.3, -0.25) is 9.69 Å². The van der Waals surface area contributed by atoms with Crippen LogP contribution in [0.1, 0.15) is 30.4 Å². The van der Waals surface area contributed by atoms with E-state index in [4.69, 9.17) is 4.74 Å². The largest absolute Gasteiger partial charge is 0.467 e. The molecule has 2 aromatic carbocycles. The van der Waals surface area contributed by atoms with Crippen molar-refractivity contribution in [2.24, 2.45) is 0 Å². The zero-order valence-corrected chi connectivity index (χ0v) is 18.3. The first kappa shape index (κ1) is 21.5. The molecule has 1 saturated heterocycles. The maximum atomic E-state index is 13.0. The standard InChI is InChI=1S/C23H26N2O5S/c1-30-23(27)21-16-18-6-2-3-7-20(18)25(21)22(26)13-10-17-8-11-19(12-9-17)31(28,29)24-14-4-5-15-24/h2-3,6-9,11-12,21H,4-5,10,13-16H2,1H3. The number of benzene rings is 2. The number of carbonyl (C=O) groups is 2. The van der Waals surface area contributed by atoms with Gasteiger partial charge in [-0.1, -0.05) is 30.3 Å². The molecule has 0 spiro atoms. The Labute approximate surface area is 182 Å². The summed E-state index contributed by atoms with van der Waals surface area (Å²) in [7, 11) is -2.12. The van der Waals surface area contributed by atoms with Crippen molar-refractivity contribution >= 4 is 27.6 Å². The molecule has 0 N–H and O–H groups in total. The number of hydrogen-bond donors (Lipinski definition) is 0. The van der Waals surface area contributed by atoms with E-state index < -0.39 is 22.0 Å². The van der Waals surface area contributed by atoms with Crippen LogP contribution in [0.4, 0.5) is 5.69 Å². The Balaban J connectivity index is 1.45. The molecule has 0 bridgehead atoms. The first-order valence-electron chi connectivity index (χ1n) is 10.5. The minimum absolute atomic E-state index is 0.158. The van der Waals surface area contributed by atoms with E-state index >= 15 is 0 Å². The minimum Gasteiger partial charge on any atom is -0.467 e. The van der Waals surface area contributed by atoms with Gasteiger partial charge >= 0.3 is 5.97 Å². The number of para-hydroxylation sites is 1. The molecule has 31 heavy (non-hydrogen) atoms. The number of methoxy groups -OCH3 is 1. The molecule has 1 amide bonds. The molecule has 1 fully saturated rings. The van der Waals surface area contributed by atoms with Gasteiger partial charge in [-0.25, -0.2) is 13.2 Å². The smallest absolute Gasteiger partial charge is 0.329 e. The van der Waals surface area contributed by atoms with E-state index in [0.717, 1.165) is 29.7 Å². The number of aryl methyl sites for hydroxylation is 1. The minimum atomic E-state index is -3.45. The van der Waals surface area contributed by atoms with Gasteiger partial charge in [-0.15, -0.1) is 0 Å². The molecule has 1 atom stereocenters. The Morgan fingerprint density at radius 1 is 1.03 bits per heavy atom. The highest BCUT2D eigenvalue weighted by Crippen LogP contribution is 2.33. The fourth-order valence-corrected chi connectivity index (χ4v) is 5.81. The lowest BCUT2D eigenvalue weighted by Gasteiger charge is -2.23. The summed E-state index contributed by atoms with van der Waals surface area (Å²) in [5.41, 5.74) is 2.56. The number of anilines is 1. The van der Waals surface area contributed by atoms with Crippen molar-refractivity contribution in [1.29, 1.82) is 0 Å². The summed E-state index contributed by atoms with van der Waals surface area (Å²) in [5.74, 6) is -0.588. The van der Waals surface area contributed by atoms with Gasteiger partial charge < -0.3 is 4.74 Å². The second-order valence-electron chi connectivity index (χ2n) is 7.89. The summed E-state index contributed by atoms with van der Waals surface area (Å²) in [6, 6.07) is 13.6. The van der Waals surface area contributed by atoms with Crippen LogP contribution in [-0.2, 0) is 37.2 Å². The van der Waals surface area contributed by atoms with Crippen molar-refractivity contribution in [2.45, 2.75) is 43.0 Å². The average molecular weight is 443 g/mol. The second kappa shape index (κ2) is 8.80. The van der Waals surface area contributed by atoms with Crippen LogP contribution in [0, 0.1) is 0 Å². The molecule has 4 rings (SSSR count). The zero-order chi connectivity index (χ0) is 22.0.